The van der Waals surface area contributed by atoms with Gasteiger partial charge in [0.25, 0.3) is 0 Å². The van der Waals surface area contributed by atoms with Crippen molar-refractivity contribution >= 4 is 12.0 Å². The lowest BCUT2D eigenvalue weighted by Crippen LogP contribution is -2.48. The first-order valence-corrected chi connectivity index (χ1v) is 7.32. The Morgan fingerprint density at radius 1 is 1.52 bits per heavy atom. The lowest BCUT2D eigenvalue weighted by molar-refractivity contribution is -0.135. The molecule has 1 heterocycles. The maximum absolute atomic E-state index is 13.0. The van der Waals surface area contributed by atoms with Crippen LogP contribution in [0.15, 0.2) is 30.3 Å². The molecule has 1 aliphatic rings. The number of carbonyl (C=O) groups is 1. The predicted molar refractivity (Wildman–Crippen MR) is 81.1 cm³/mol. The zero-order valence-electron chi connectivity index (χ0n) is 12.6. The molecule has 0 radical (unpaired) electrons. The van der Waals surface area contributed by atoms with E-state index in [1.165, 1.54) is 12.1 Å². The Morgan fingerprint density at radius 2 is 2.29 bits per heavy atom. The monoisotopic (exact) mass is 291 g/mol. The molecule has 1 aromatic carbocycles. The number of amides is 1. The SMILES string of the molecule is CC(C)(O)C1CCCN1C(=O)C/C=C/c1cccc(F)c1. The summed E-state index contributed by atoms with van der Waals surface area (Å²) >= 11 is 0. The quantitative estimate of drug-likeness (QED) is 0.926. The first-order chi connectivity index (χ1) is 9.88. The second-order valence-electron chi connectivity index (χ2n) is 6.06. The molecule has 1 unspecified atom stereocenters. The predicted octanol–water partition coefficient (Wildman–Crippen LogP) is 2.99. The van der Waals surface area contributed by atoms with Gasteiger partial charge >= 0.3 is 0 Å². The van der Waals surface area contributed by atoms with Crippen molar-refractivity contribution in [1.29, 1.82) is 0 Å². The number of hydrogen-bond acceptors (Lipinski definition) is 2. The van der Waals surface area contributed by atoms with Gasteiger partial charge in [-0.1, -0.05) is 24.3 Å². The minimum absolute atomic E-state index is 0.00674. The fourth-order valence-corrected chi connectivity index (χ4v) is 2.82. The highest BCUT2D eigenvalue weighted by Gasteiger charge is 2.37. The van der Waals surface area contributed by atoms with E-state index in [1.807, 2.05) is 0 Å². The van der Waals surface area contributed by atoms with E-state index in [9.17, 15) is 14.3 Å². The molecule has 1 aliphatic heterocycles. The highest BCUT2D eigenvalue weighted by Crippen LogP contribution is 2.27. The number of hydrogen-bond donors (Lipinski definition) is 1. The molecule has 0 aliphatic carbocycles. The molecule has 0 bridgehead atoms. The first kappa shape index (κ1) is 15.7. The van der Waals surface area contributed by atoms with Crippen molar-refractivity contribution in [2.75, 3.05) is 6.54 Å². The molecular formula is C17H22FNO2. The molecule has 1 amide bonds. The summed E-state index contributed by atoms with van der Waals surface area (Å²) in [5.74, 6) is -0.280. The van der Waals surface area contributed by atoms with Crippen LogP contribution < -0.4 is 0 Å². The number of halogens is 1. The Morgan fingerprint density at radius 3 is 2.95 bits per heavy atom. The van der Waals surface area contributed by atoms with Gasteiger partial charge in [-0.25, -0.2) is 4.39 Å². The highest BCUT2D eigenvalue weighted by atomic mass is 19.1. The molecule has 114 valence electrons. The summed E-state index contributed by atoms with van der Waals surface area (Å²) in [4.78, 5) is 14.0. The van der Waals surface area contributed by atoms with Crippen LogP contribution in [-0.2, 0) is 4.79 Å². The van der Waals surface area contributed by atoms with Crippen molar-refractivity contribution in [2.45, 2.75) is 44.8 Å². The summed E-state index contributed by atoms with van der Waals surface area (Å²) in [5, 5.41) is 10.1. The molecule has 1 saturated heterocycles. The molecule has 0 spiro atoms. The number of carbonyl (C=O) groups excluding carboxylic acids is 1. The molecule has 4 heteroatoms. The van der Waals surface area contributed by atoms with Gasteiger partial charge in [-0.15, -0.1) is 0 Å². The summed E-state index contributed by atoms with van der Waals surface area (Å²) in [5.41, 5.74) is -0.137. The van der Waals surface area contributed by atoms with Crippen molar-refractivity contribution < 1.29 is 14.3 Å². The molecule has 1 N–H and O–H groups in total. The van der Waals surface area contributed by atoms with Gasteiger partial charge in [0.05, 0.1) is 11.6 Å². The molecule has 3 nitrogen and oxygen atoms in total. The van der Waals surface area contributed by atoms with E-state index in [2.05, 4.69) is 0 Å². The van der Waals surface area contributed by atoms with Gasteiger partial charge in [0, 0.05) is 13.0 Å². The Bertz CT molecular complexity index is 534. The van der Waals surface area contributed by atoms with Crippen molar-refractivity contribution in [1.82, 2.24) is 4.90 Å². The van der Waals surface area contributed by atoms with Gasteiger partial charge in [-0.05, 0) is 44.4 Å². The van der Waals surface area contributed by atoms with Crippen LogP contribution in [0.3, 0.4) is 0 Å². The third-order valence-corrected chi connectivity index (χ3v) is 3.84. The fraction of sp³-hybridized carbons (Fsp3) is 0.471. The smallest absolute Gasteiger partial charge is 0.226 e. The van der Waals surface area contributed by atoms with Crippen LogP contribution >= 0.6 is 0 Å². The lowest BCUT2D eigenvalue weighted by Gasteiger charge is -2.33. The Kier molecular flexibility index (Phi) is 4.78. The van der Waals surface area contributed by atoms with Crippen LogP contribution in [0, 0.1) is 5.82 Å². The highest BCUT2D eigenvalue weighted by molar-refractivity contribution is 5.79. The van der Waals surface area contributed by atoms with Crippen LogP contribution in [0.2, 0.25) is 0 Å². The standard InChI is InChI=1S/C17H22FNO2/c1-17(2,21)15-9-5-11-19(15)16(20)10-4-7-13-6-3-8-14(18)12-13/h3-4,6-8,12,15,21H,5,9-11H2,1-2H3/b7-4+. The summed E-state index contributed by atoms with van der Waals surface area (Å²) in [6, 6.07) is 6.13. The second kappa shape index (κ2) is 6.39. The van der Waals surface area contributed by atoms with E-state index in [0.29, 0.717) is 6.54 Å². The second-order valence-corrected chi connectivity index (χ2v) is 6.06. The van der Waals surface area contributed by atoms with Crippen LogP contribution in [-0.4, -0.2) is 34.1 Å². The molecule has 1 aromatic rings. The van der Waals surface area contributed by atoms with E-state index in [-0.39, 0.29) is 24.2 Å². The molecule has 1 fully saturated rings. The van der Waals surface area contributed by atoms with Gasteiger partial charge in [-0.2, -0.15) is 0 Å². The van der Waals surface area contributed by atoms with Gasteiger partial charge in [0.1, 0.15) is 5.82 Å². The lowest BCUT2D eigenvalue weighted by atomic mass is 9.96. The fourth-order valence-electron chi connectivity index (χ4n) is 2.82. The van der Waals surface area contributed by atoms with Gasteiger partial charge in [-0.3, -0.25) is 4.79 Å². The van der Waals surface area contributed by atoms with Gasteiger partial charge in [0.15, 0.2) is 0 Å². The third-order valence-electron chi connectivity index (χ3n) is 3.84. The number of nitrogens with zero attached hydrogens (tertiary/aromatic N) is 1. The third kappa shape index (κ3) is 4.14. The van der Waals surface area contributed by atoms with E-state index in [1.54, 1.807) is 43.0 Å². The minimum Gasteiger partial charge on any atom is -0.388 e. The minimum atomic E-state index is -0.877. The van der Waals surface area contributed by atoms with Gasteiger partial charge in [0.2, 0.25) is 5.91 Å². The van der Waals surface area contributed by atoms with E-state index < -0.39 is 5.60 Å². The zero-order valence-corrected chi connectivity index (χ0v) is 12.6. The Hall–Kier alpha value is -1.68. The number of benzene rings is 1. The van der Waals surface area contributed by atoms with Crippen LogP contribution in [0.25, 0.3) is 6.08 Å². The zero-order chi connectivity index (χ0) is 15.5. The molecule has 2 rings (SSSR count). The molecule has 0 saturated carbocycles. The molecular weight excluding hydrogens is 269 g/mol. The van der Waals surface area contributed by atoms with Crippen LogP contribution in [0.5, 0.6) is 0 Å². The van der Waals surface area contributed by atoms with E-state index >= 15 is 0 Å². The van der Waals surface area contributed by atoms with Crippen LogP contribution in [0.4, 0.5) is 4.39 Å². The summed E-state index contributed by atoms with van der Waals surface area (Å²) in [6.07, 6.45) is 5.52. The Balaban J connectivity index is 1.95. The number of likely N-dealkylation sites (tertiary alicyclic amines) is 1. The number of aliphatic hydroxyl groups is 1. The molecule has 1 atom stereocenters. The molecule has 21 heavy (non-hydrogen) atoms. The Labute approximate surface area is 125 Å². The van der Waals surface area contributed by atoms with Crippen molar-refractivity contribution in [3.8, 4) is 0 Å². The largest absolute Gasteiger partial charge is 0.388 e. The normalized spacial score (nSPS) is 19.4. The average molecular weight is 291 g/mol. The summed E-state index contributed by atoms with van der Waals surface area (Å²) in [7, 11) is 0. The average Bonchev–Trinajstić information content (AvgIpc) is 2.88. The molecule has 0 aromatic heterocycles. The first-order valence-electron chi connectivity index (χ1n) is 7.32. The van der Waals surface area contributed by atoms with E-state index in [4.69, 9.17) is 0 Å². The van der Waals surface area contributed by atoms with Crippen molar-refractivity contribution in [2.24, 2.45) is 0 Å². The van der Waals surface area contributed by atoms with Gasteiger partial charge < -0.3 is 10.0 Å². The maximum atomic E-state index is 13.0. The van der Waals surface area contributed by atoms with Crippen molar-refractivity contribution in [3.63, 3.8) is 0 Å². The van der Waals surface area contributed by atoms with Crippen LogP contribution in [0.1, 0.15) is 38.7 Å². The number of rotatable bonds is 4. The summed E-state index contributed by atoms with van der Waals surface area (Å²) < 4.78 is 13.0. The summed E-state index contributed by atoms with van der Waals surface area (Å²) in [6.45, 7) is 4.18. The topological polar surface area (TPSA) is 40.5 Å². The van der Waals surface area contributed by atoms with E-state index in [0.717, 1.165) is 18.4 Å². The maximum Gasteiger partial charge on any atom is 0.226 e. The van der Waals surface area contributed by atoms with Crippen molar-refractivity contribution in [3.05, 3.63) is 41.7 Å².